The normalized spacial score (nSPS) is 18.6. The molecule has 0 saturated carbocycles. The van der Waals surface area contributed by atoms with E-state index in [1.54, 1.807) is 18.2 Å². The number of rotatable bonds is 2. The largest absolute Gasteiger partial charge is 0.475 e. The average molecular weight is 285 g/mol. The molecule has 1 unspecified atom stereocenters. The molecule has 21 heavy (non-hydrogen) atoms. The maximum atomic E-state index is 12.0. The summed E-state index contributed by atoms with van der Waals surface area (Å²) in [6, 6.07) is 5.14. The minimum atomic E-state index is -1.21. The number of benzene rings is 1. The van der Waals surface area contributed by atoms with E-state index in [0.717, 1.165) is 0 Å². The van der Waals surface area contributed by atoms with Crippen LogP contribution in [0.2, 0.25) is 0 Å². The molecule has 0 aliphatic carbocycles. The van der Waals surface area contributed by atoms with Crippen molar-refractivity contribution in [3.05, 3.63) is 35.8 Å². The summed E-state index contributed by atoms with van der Waals surface area (Å²) in [6.45, 7) is 0. The molecular weight excluding hydrogens is 274 g/mol. The monoisotopic (exact) mass is 285 g/mol. The molecule has 0 bridgehead atoms. The zero-order chi connectivity index (χ0) is 15.0. The number of hydrogen-bond acceptors (Lipinski definition) is 5. The molecule has 1 aromatic carbocycles. The fourth-order valence-corrected chi connectivity index (χ4v) is 2.47. The summed E-state index contributed by atoms with van der Waals surface area (Å²) in [6.07, 6.45) is 2.11. The number of nitrogens with one attached hydrogen (secondary N) is 1. The Morgan fingerprint density at radius 1 is 1.33 bits per heavy atom. The van der Waals surface area contributed by atoms with Crippen LogP contribution in [0.25, 0.3) is 10.9 Å². The smallest absolute Gasteiger partial charge is 0.373 e. The van der Waals surface area contributed by atoms with E-state index >= 15 is 0 Å². The van der Waals surface area contributed by atoms with Crippen molar-refractivity contribution in [1.82, 2.24) is 15.3 Å². The van der Waals surface area contributed by atoms with Crippen LogP contribution in [0.3, 0.4) is 0 Å². The van der Waals surface area contributed by atoms with E-state index < -0.39 is 11.9 Å². The van der Waals surface area contributed by atoms with Gasteiger partial charge in [-0.3, -0.25) is 14.9 Å². The number of hydrogen-bond donors (Lipinski definition) is 2. The highest BCUT2D eigenvalue weighted by molar-refractivity contribution is 6.02. The molecule has 2 heterocycles. The molecule has 3 rings (SSSR count). The molecule has 1 atom stereocenters. The van der Waals surface area contributed by atoms with Gasteiger partial charge >= 0.3 is 5.97 Å². The van der Waals surface area contributed by atoms with E-state index in [9.17, 15) is 14.4 Å². The van der Waals surface area contributed by atoms with E-state index in [1.165, 1.54) is 6.20 Å². The van der Waals surface area contributed by atoms with Crippen LogP contribution in [0.5, 0.6) is 0 Å². The molecule has 2 aromatic rings. The van der Waals surface area contributed by atoms with Gasteiger partial charge in [-0.25, -0.2) is 14.8 Å². The number of carboxylic acids is 1. The first-order valence-electron chi connectivity index (χ1n) is 6.39. The Bertz CT molecular complexity index is 772. The number of aromatic carboxylic acids is 1. The van der Waals surface area contributed by atoms with Crippen molar-refractivity contribution >= 4 is 28.7 Å². The van der Waals surface area contributed by atoms with Crippen LogP contribution < -0.4 is 5.32 Å². The SMILES string of the molecule is O=C1CCC(c2cccc3nc(C(=O)O)ncc23)C(=O)N1. The third-order valence-corrected chi connectivity index (χ3v) is 3.47. The first kappa shape index (κ1) is 13.2. The van der Waals surface area contributed by atoms with Crippen molar-refractivity contribution < 1.29 is 19.5 Å². The average Bonchev–Trinajstić information content (AvgIpc) is 2.46. The molecule has 0 spiro atoms. The van der Waals surface area contributed by atoms with Gasteiger partial charge in [0, 0.05) is 18.0 Å². The van der Waals surface area contributed by atoms with Gasteiger partial charge in [-0.15, -0.1) is 0 Å². The van der Waals surface area contributed by atoms with E-state index in [2.05, 4.69) is 15.3 Å². The Labute approximate surface area is 119 Å². The van der Waals surface area contributed by atoms with E-state index in [-0.39, 0.29) is 24.1 Å². The van der Waals surface area contributed by atoms with E-state index in [4.69, 9.17) is 5.11 Å². The van der Waals surface area contributed by atoms with Gasteiger partial charge in [-0.1, -0.05) is 12.1 Å². The highest BCUT2D eigenvalue weighted by atomic mass is 16.4. The van der Waals surface area contributed by atoms with Crippen LogP contribution in [-0.2, 0) is 9.59 Å². The molecule has 2 amide bonds. The predicted molar refractivity (Wildman–Crippen MR) is 71.6 cm³/mol. The Hall–Kier alpha value is -2.83. The van der Waals surface area contributed by atoms with Gasteiger partial charge in [0.05, 0.1) is 11.4 Å². The van der Waals surface area contributed by atoms with Gasteiger partial charge in [0.2, 0.25) is 17.6 Å². The number of carbonyl (C=O) groups is 3. The standard InChI is InChI=1S/C14H11N3O4/c18-11-5-4-8(13(19)17-11)7-2-1-3-10-9(7)6-15-12(16-10)14(20)21/h1-3,6,8H,4-5H2,(H,20,21)(H,17,18,19). The summed E-state index contributed by atoms with van der Waals surface area (Å²) in [5, 5.41) is 11.8. The summed E-state index contributed by atoms with van der Waals surface area (Å²) in [5.41, 5.74) is 1.17. The third-order valence-electron chi connectivity index (χ3n) is 3.47. The first-order chi connectivity index (χ1) is 10.1. The van der Waals surface area contributed by atoms with Crippen LogP contribution in [0.1, 0.15) is 34.9 Å². The van der Waals surface area contributed by atoms with Crippen molar-refractivity contribution in [2.24, 2.45) is 0 Å². The lowest BCUT2D eigenvalue weighted by atomic mass is 9.88. The van der Waals surface area contributed by atoms with Gasteiger partial charge in [-0.2, -0.15) is 0 Å². The number of carboxylic acid groups (broad SMARTS) is 1. The molecule has 7 nitrogen and oxygen atoms in total. The summed E-state index contributed by atoms with van der Waals surface area (Å²) in [7, 11) is 0. The summed E-state index contributed by atoms with van der Waals surface area (Å²) in [4.78, 5) is 41.8. The summed E-state index contributed by atoms with van der Waals surface area (Å²) in [5.74, 6) is -2.57. The number of imide groups is 1. The zero-order valence-electron chi connectivity index (χ0n) is 10.9. The first-order valence-corrected chi connectivity index (χ1v) is 6.39. The molecule has 106 valence electrons. The maximum absolute atomic E-state index is 12.0. The van der Waals surface area contributed by atoms with Gasteiger partial charge in [0.15, 0.2) is 0 Å². The molecule has 1 fully saturated rings. The lowest BCUT2D eigenvalue weighted by molar-refractivity contribution is -0.134. The molecule has 1 aromatic heterocycles. The van der Waals surface area contributed by atoms with Crippen molar-refractivity contribution in [3.63, 3.8) is 0 Å². The number of amides is 2. The summed E-state index contributed by atoms with van der Waals surface area (Å²) >= 11 is 0. The Balaban J connectivity index is 2.09. The fraction of sp³-hybridized carbons (Fsp3) is 0.214. The summed E-state index contributed by atoms with van der Waals surface area (Å²) < 4.78 is 0. The molecule has 1 aliphatic rings. The topological polar surface area (TPSA) is 109 Å². The number of fused-ring (bicyclic) bond motifs is 1. The van der Waals surface area contributed by atoms with Gasteiger partial charge in [0.25, 0.3) is 0 Å². The van der Waals surface area contributed by atoms with E-state index in [1.807, 2.05) is 0 Å². The maximum Gasteiger partial charge on any atom is 0.373 e. The Morgan fingerprint density at radius 2 is 2.14 bits per heavy atom. The second kappa shape index (κ2) is 4.93. The Morgan fingerprint density at radius 3 is 2.86 bits per heavy atom. The van der Waals surface area contributed by atoms with Crippen molar-refractivity contribution in [1.29, 1.82) is 0 Å². The highest BCUT2D eigenvalue weighted by Crippen LogP contribution is 2.29. The lowest BCUT2D eigenvalue weighted by Crippen LogP contribution is -2.39. The minimum absolute atomic E-state index is 0.277. The third kappa shape index (κ3) is 2.33. The molecule has 2 N–H and O–H groups in total. The number of aromatic nitrogens is 2. The van der Waals surface area contributed by atoms with Gasteiger partial charge in [0.1, 0.15) is 0 Å². The second-order valence-electron chi connectivity index (χ2n) is 4.78. The van der Waals surface area contributed by atoms with E-state index in [0.29, 0.717) is 22.9 Å². The number of carbonyl (C=O) groups excluding carboxylic acids is 2. The number of piperidine rings is 1. The predicted octanol–water partition coefficient (Wildman–Crippen LogP) is 0.848. The minimum Gasteiger partial charge on any atom is -0.475 e. The van der Waals surface area contributed by atoms with Crippen LogP contribution in [-0.4, -0.2) is 32.9 Å². The zero-order valence-corrected chi connectivity index (χ0v) is 10.9. The number of nitrogens with zero attached hydrogens (tertiary/aromatic N) is 2. The van der Waals surface area contributed by atoms with Crippen molar-refractivity contribution in [2.75, 3.05) is 0 Å². The van der Waals surface area contributed by atoms with Crippen molar-refractivity contribution in [3.8, 4) is 0 Å². The fourth-order valence-electron chi connectivity index (χ4n) is 2.47. The van der Waals surface area contributed by atoms with Crippen LogP contribution in [0.4, 0.5) is 0 Å². The van der Waals surface area contributed by atoms with Crippen LogP contribution in [0, 0.1) is 0 Å². The highest BCUT2D eigenvalue weighted by Gasteiger charge is 2.29. The Kier molecular flexibility index (Phi) is 3.09. The van der Waals surface area contributed by atoms with Gasteiger partial charge < -0.3 is 5.11 Å². The quantitative estimate of drug-likeness (QED) is 0.792. The molecule has 1 aliphatic heterocycles. The van der Waals surface area contributed by atoms with Crippen LogP contribution in [0.15, 0.2) is 24.4 Å². The van der Waals surface area contributed by atoms with Crippen molar-refractivity contribution in [2.45, 2.75) is 18.8 Å². The van der Waals surface area contributed by atoms with Crippen LogP contribution >= 0.6 is 0 Å². The van der Waals surface area contributed by atoms with Gasteiger partial charge in [-0.05, 0) is 18.1 Å². The second-order valence-corrected chi connectivity index (χ2v) is 4.78. The lowest BCUT2D eigenvalue weighted by Gasteiger charge is -2.22. The molecule has 7 heteroatoms. The molecule has 0 radical (unpaired) electrons. The molecule has 1 saturated heterocycles. The molecular formula is C14H11N3O4.